The van der Waals surface area contributed by atoms with Gasteiger partial charge in [-0.25, -0.2) is 14.3 Å². The highest BCUT2D eigenvalue weighted by molar-refractivity contribution is 6.24. The summed E-state index contributed by atoms with van der Waals surface area (Å²) in [4.78, 5) is 28.1. The Bertz CT molecular complexity index is 1260. The summed E-state index contributed by atoms with van der Waals surface area (Å²) < 4.78 is 19.8. The average Bonchev–Trinajstić information content (AvgIpc) is 3.15. The summed E-state index contributed by atoms with van der Waals surface area (Å²) in [6.45, 7) is 0. The fraction of sp³-hybridized carbons (Fsp3) is 0.185. The Morgan fingerprint density at radius 2 is 1.60 bits per heavy atom. The monoisotopic (exact) mass is 473 g/mol. The zero-order chi connectivity index (χ0) is 24.5. The number of aliphatic hydroxyl groups excluding tert-OH is 1. The molecule has 2 amide bonds. The molecular formula is C27H24FN3O4. The third kappa shape index (κ3) is 4.07. The van der Waals surface area contributed by atoms with Crippen LogP contribution in [0.2, 0.25) is 0 Å². The number of hydrazine groups is 1. The van der Waals surface area contributed by atoms with Crippen LogP contribution in [0.5, 0.6) is 5.75 Å². The van der Waals surface area contributed by atoms with E-state index in [-0.39, 0.29) is 11.6 Å². The molecule has 2 N–H and O–H groups in total. The lowest BCUT2D eigenvalue weighted by atomic mass is 9.90. The number of imide groups is 1. The molecule has 0 saturated carbocycles. The minimum absolute atomic E-state index is 0.131. The number of benzene rings is 3. The van der Waals surface area contributed by atoms with Crippen LogP contribution < -0.4 is 15.1 Å². The van der Waals surface area contributed by atoms with E-state index in [1.54, 1.807) is 86.0 Å². The highest BCUT2D eigenvalue weighted by Gasteiger charge is 2.54. The molecule has 35 heavy (non-hydrogen) atoms. The molecule has 3 aromatic rings. The molecule has 8 heteroatoms. The van der Waals surface area contributed by atoms with Gasteiger partial charge in [0.1, 0.15) is 17.6 Å². The number of ether oxygens (including phenoxy) is 1. The molecule has 4 unspecified atom stereocenters. The van der Waals surface area contributed by atoms with E-state index in [9.17, 15) is 19.1 Å². The summed E-state index contributed by atoms with van der Waals surface area (Å²) in [5.74, 6) is -1.50. The molecule has 0 aliphatic carbocycles. The molecule has 2 heterocycles. The smallest absolute Gasteiger partial charge is 0.254 e. The van der Waals surface area contributed by atoms with E-state index in [0.29, 0.717) is 17.0 Å². The molecule has 178 valence electrons. The molecular weight excluding hydrogens is 449 g/mol. The number of hydrogen-bond acceptors (Lipinski definition) is 6. The summed E-state index contributed by atoms with van der Waals surface area (Å²) in [6.07, 6.45) is 2.26. The number of fused-ring (bicyclic) bond motifs is 1. The van der Waals surface area contributed by atoms with Gasteiger partial charge in [0.2, 0.25) is 5.91 Å². The Morgan fingerprint density at radius 3 is 2.29 bits per heavy atom. The molecule has 3 aromatic carbocycles. The van der Waals surface area contributed by atoms with Crippen molar-refractivity contribution >= 4 is 23.2 Å². The molecule has 2 aliphatic rings. The molecule has 2 aliphatic heterocycles. The van der Waals surface area contributed by atoms with Crippen molar-refractivity contribution in [3.8, 4) is 5.75 Å². The van der Waals surface area contributed by atoms with Crippen LogP contribution in [-0.4, -0.2) is 41.1 Å². The minimum Gasteiger partial charge on any atom is -0.497 e. The highest BCUT2D eigenvalue weighted by Crippen LogP contribution is 2.38. The summed E-state index contributed by atoms with van der Waals surface area (Å²) in [6, 6.07) is 19.9. The molecule has 1 fully saturated rings. The van der Waals surface area contributed by atoms with Gasteiger partial charge < -0.3 is 15.3 Å². The normalized spacial score (nSPS) is 22.7. The zero-order valence-electron chi connectivity index (χ0n) is 18.9. The average molecular weight is 474 g/mol. The van der Waals surface area contributed by atoms with Crippen molar-refractivity contribution in [1.29, 1.82) is 0 Å². The molecule has 4 atom stereocenters. The molecule has 0 radical (unpaired) electrons. The zero-order valence-corrected chi connectivity index (χ0v) is 18.9. The van der Waals surface area contributed by atoms with Gasteiger partial charge in [-0.1, -0.05) is 54.6 Å². The van der Waals surface area contributed by atoms with E-state index in [2.05, 4.69) is 5.43 Å². The maximum Gasteiger partial charge on any atom is 0.254 e. The Hall–Kier alpha value is -4.01. The lowest BCUT2D eigenvalue weighted by Gasteiger charge is -2.40. The van der Waals surface area contributed by atoms with Crippen LogP contribution in [-0.2, 0) is 9.59 Å². The second-order valence-corrected chi connectivity index (χ2v) is 8.41. The lowest BCUT2D eigenvalue weighted by Crippen LogP contribution is -2.55. The number of carbonyl (C=O) groups excluding carboxylic acids is 2. The third-order valence-electron chi connectivity index (χ3n) is 6.37. The van der Waals surface area contributed by atoms with Gasteiger partial charge in [-0.2, -0.15) is 0 Å². The third-order valence-corrected chi connectivity index (χ3v) is 6.37. The van der Waals surface area contributed by atoms with E-state index < -0.39 is 35.8 Å². The SMILES string of the molecule is COc1ccc(C(O)C2C=CC3C(=O)N(c4ccccc4)C(=O)C3N2Nc2ccccc2F)cc1. The summed E-state index contributed by atoms with van der Waals surface area (Å²) >= 11 is 0. The van der Waals surface area contributed by atoms with E-state index >= 15 is 0 Å². The van der Waals surface area contributed by atoms with Crippen LogP contribution in [0.1, 0.15) is 11.7 Å². The fourth-order valence-corrected chi connectivity index (χ4v) is 4.59. The first-order chi connectivity index (χ1) is 17.0. The summed E-state index contributed by atoms with van der Waals surface area (Å²) in [5.41, 5.74) is 4.16. The van der Waals surface area contributed by atoms with Crippen LogP contribution >= 0.6 is 0 Å². The maximum atomic E-state index is 14.6. The number of anilines is 2. The summed E-state index contributed by atoms with van der Waals surface area (Å²) in [7, 11) is 1.55. The van der Waals surface area contributed by atoms with Crippen molar-refractivity contribution in [1.82, 2.24) is 5.01 Å². The van der Waals surface area contributed by atoms with Crippen molar-refractivity contribution in [2.24, 2.45) is 5.92 Å². The standard InChI is InChI=1S/C27H24FN3O4/c1-35-19-13-11-17(12-14-19)25(32)23-16-15-20-24(31(23)29-22-10-6-5-9-21(22)28)27(34)30(26(20)33)18-7-3-2-4-8-18/h2-16,20,23-25,29,32H,1H3. The van der Waals surface area contributed by atoms with E-state index in [4.69, 9.17) is 4.74 Å². The number of hydrogen-bond donors (Lipinski definition) is 2. The molecule has 1 saturated heterocycles. The van der Waals surface area contributed by atoms with E-state index in [1.807, 2.05) is 0 Å². The Kier molecular flexibility index (Phi) is 6.07. The number of methoxy groups -OCH3 is 1. The molecule has 0 spiro atoms. The number of amides is 2. The fourth-order valence-electron chi connectivity index (χ4n) is 4.59. The number of nitrogens with zero attached hydrogens (tertiary/aromatic N) is 2. The first-order valence-corrected chi connectivity index (χ1v) is 11.2. The quantitative estimate of drug-likeness (QED) is 0.420. The number of rotatable bonds is 6. The van der Waals surface area contributed by atoms with Crippen LogP contribution in [0.25, 0.3) is 0 Å². The van der Waals surface area contributed by atoms with E-state index in [1.165, 1.54) is 17.1 Å². The predicted molar refractivity (Wildman–Crippen MR) is 129 cm³/mol. The van der Waals surface area contributed by atoms with Gasteiger partial charge in [0, 0.05) is 0 Å². The van der Waals surface area contributed by atoms with Gasteiger partial charge >= 0.3 is 0 Å². The largest absolute Gasteiger partial charge is 0.497 e. The van der Waals surface area contributed by atoms with Gasteiger partial charge in [-0.05, 0) is 42.0 Å². The first-order valence-electron chi connectivity index (χ1n) is 11.2. The van der Waals surface area contributed by atoms with Crippen molar-refractivity contribution < 1.29 is 23.8 Å². The highest BCUT2D eigenvalue weighted by atomic mass is 19.1. The van der Waals surface area contributed by atoms with Crippen LogP contribution in [0.4, 0.5) is 15.8 Å². The van der Waals surface area contributed by atoms with Gasteiger partial charge in [0.05, 0.1) is 36.5 Å². The number of para-hydroxylation sites is 2. The second kappa shape index (κ2) is 9.32. The lowest BCUT2D eigenvalue weighted by molar-refractivity contribution is -0.123. The van der Waals surface area contributed by atoms with Crippen molar-refractivity contribution in [3.05, 3.63) is 102 Å². The van der Waals surface area contributed by atoms with Crippen molar-refractivity contribution in [2.75, 3.05) is 17.4 Å². The summed E-state index contributed by atoms with van der Waals surface area (Å²) in [5, 5.41) is 12.8. The second-order valence-electron chi connectivity index (χ2n) is 8.41. The van der Waals surface area contributed by atoms with E-state index in [0.717, 1.165) is 4.90 Å². The van der Waals surface area contributed by atoms with Crippen LogP contribution in [0, 0.1) is 11.7 Å². The Morgan fingerprint density at radius 1 is 0.914 bits per heavy atom. The predicted octanol–water partition coefficient (Wildman–Crippen LogP) is 3.69. The molecule has 0 bridgehead atoms. The van der Waals surface area contributed by atoms with Gasteiger partial charge in [-0.15, -0.1) is 0 Å². The van der Waals surface area contributed by atoms with Crippen molar-refractivity contribution in [2.45, 2.75) is 18.2 Å². The first kappa shape index (κ1) is 22.8. The topological polar surface area (TPSA) is 82.1 Å². The van der Waals surface area contributed by atoms with Crippen molar-refractivity contribution in [3.63, 3.8) is 0 Å². The number of halogens is 1. The number of carbonyl (C=O) groups is 2. The number of nitrogens with one attached hydrogen (secondary N) is 1. The molecule has 7 nitrogen and oxygen atoms in total. The Balaban J connectivity index is 1.54. The van der Waals surface area contributed by atoms with Crippen LogP contribution in [0.15, 0.2) is 91.0 Å². The number of aliphatic hydroxyl groups is 1. The van der Waals surface area contributed by atoms with Gasteiger partial charge in [0.15, 0.2) is 0 Å². The van der Waals surface area contributed by atoms with Gasteiger partial charge in [0.25, 0.3) is 5.91 Å². The maximum absolute atomic E-state index is 14.6. The van der Waals surface area contributed by atoms with Gasteiger partial charge in [-0.3, -0.25) is 9.59 Å². The minimum atomic E-state index is -1.08. The molecule has 0 aromatic heterocycles. The Labute approximate surface area is 202 Å². The molecule has 5 rings (SSSR count). The van der Waals surface area contributed by atoms with Crippen LogP contribution in [0.3, 0.4) is 0 Å².